The lowest BCUT2D eigenvalue weighted by molar-refractivity contribution is -0.119. The Hall–Kier alpha value is -1.85. The van der Waals surface area contributed by atoms with Gasteiger partial charge in [0, 0.05) is 17.9 Å². The third kappa shape index (κ3) is 4.36. The van der Waals surface area contributed by atoms with E-state index >= 15 is 0 Å². The smallest absolute Gasteiger partial charge is 0.230 e. The van der Waals surface area contributed by atoms with Gasteiger partial charge in [0.2, 0.25) is 5.91 Å². The first-order valence-electron chi connectivity index (χ1n) is 7.98. The summed E-state index contributed by atoms with van der Waals surface area (Å²) in [5, 5.41) is 13.5. The van der Waals surface area contributed by atoms with Gasteiger partial charge in [-0.05, 0) is 48.2 Å². The maximum absolute atomic E-state index is 12.8. The van der Waals surface area contributed by atoms with Crippen LogP contribution >= 0.6 is 11.8 Å². The molecule has 1 amide bonds. The van der Waals surface area contributed by atoms with Gasteiger partial charge < -0.3 is 10.4 Å². The standard InChI is InChI=1S/C19H20FNO2S/c20-16-5-7-17(8-6-16)24-12-18(22)21-13-19(23)10-9-14-3-1-2-4-15(14)11-19/h1-8,23H,9-13H2,(H,21,22). The maximum Gasteiger partial charge on any atom is 0.230 e. The van der Waals surface area contributed by atoms with Gasteiger partial charge in [-0.2, -0.15) is 0 Å². The van der Waals surface area contributed by atoms with Crippen LogP contribution in [-0.4, -0.2) is 28.9 Å². The van der Waals surface area contributed by atoms with E-state index in [0.29, 0.717) is 12.8 Å². The van der Waals surface area contributed by atoms with Gasteiger partial charge in [-0.25, -0.2) is 4.39 Å². The number of nitrogens with one attached hydrogen (secondary N) is 1. The van der Waals surface area contributed by atoms with Crippen molar-refractivity contribution in [1.29, 1.82) is 0 Å². The Morgan fingerprint density at radius 2 is 1.88 bits per heavy atom. The van der Waals surface area contributed by atoms with Crippen LogP contribution in [0.15, 0.2) is 53.4 Å². The van der Waals surface area contributed by atoms with Gasteiger partial charge in [-0.1, -0.05) is 24.3 Å². The van der Waals surface area contributed by atoms with Gasteiger partial charge in [0.1, 0.15) is 5.82 Å². The Labute approximate surface area is 145 Å². The van der Waals surface area contributed by atoms with Crippen LogP contribution in [0.25, 0.3) is 0 Å². The number of benzene rings is 2. The van der Waals surface area contributed by atoms with Crippen molar-refractivity contribution >= 4 is 17.7 Å². The van der Waals surface area contributed by atoms with Crippen molar-refractivity contribution in [1.82, 2.24) is 5.32 Å². The number of amides is 1. The summed E-state index contributed by atoms with van der Waals surface area (Å²) in [6.45, 7) is 0.254. The van der Waals surface area contributed by atoms with E-state index in [9.17, 15) is 14.3 Å². The van der Waals surface area contributed by atoms with Crippen molar-refractivity contribution in [2.45, 2.75) is 29.8 Å². The van der Waals surface area contributed by atoms with E-state index in [1.807, 2.05) is 18.2 Å². The van der Waals surface area contributed by atoms with Crippen molar-refractivity contribution in [3.8, 4) is 0 Å². The Morgan fingerprint density at radius 1 is 1.17 bits per heavy atom. The lowest BCUT2D eigenvalue weighted by Gasteiger charge is -2.33. The first-order valence-corrected chi connectivity index (χ1v) is 8.97. The fourth-order valence-corrected chi connectivity index (χ4v) is 3.66. The molecular weight excluding hydrogens is 325 g/mol. The predicted octanol–water partition coefficient (Wildman–Crippen LogP) is 2.95. The number of fused-ring (bicyclic) bond motifs is 1. The highest BCUT2D eigenvalue weighted by Gasteiger charge is 2.32. The van der Waals surface area contributed by atoms with Crippen molar-refractivity contribution in [2.75, 3.05) is 12.3 Å². The van der Waals surface area contributed by atoms with E-state index in [0.717, 1.165) is 16.9 Å². The number of carbonyl (C=O) groups excluding carboxylic acids is 1. The second-order valence-electron chi connectivity index (χ2n) is 6.19. The minimum absolute atomic E-state index is 0.128. The summed E-state index contributed by atoms with van der Waals surface area (Å²) in [4.78, 5) is 12.8. The van der Waals surface area contributed by atoms with Crippen LogP contribution < -0.4 is 5.32 Å². The van der Waals surface area contributed by atoms with Gasteiger partial charge in [0.25, 0.3) is 0 Å². The summed E-state index contributed by atoms with van der Waals surface area (Å²) in [6, 6.07) is 14.2. The van der Waals surface area contributed by atoms with Crippen molar-refractivity contribution in [3.63, 3.8) is 0 Å². The van der Waals surface area contributed by atoms with E-state index < -0.39 is 5.60 Å². The van der Waals surface area contributed by atoms with E-state index in [-0.39, 0.29) is 24.0 Å². The molecule has 1 unspecified atom stereocenters. The number of rotatable bonds is 5. The number of aryl methyl sites for hydroxylation is 1. The van der Waals surface area contributed by atoms with Crippen molar-refractivity contribution < 1.29 is 14.3 Å². The molecule has 24 heavy (non-hydrogen) atoms. The largest absolute Gasteiger partial charge is 0.388 e. The molecule has 2 aromatic carbocycles. The zero-order valence-electron chi connectivity index (χ0n) is 13.3. The quantitative estimate of drug-likeness (QED) is 0.819. The summed E-state index contributed by atoms with van der Waals surface area (Å²) in [6.07, 6.45) is 2.04. The molecule has 0 bridgehead atoms. The normalized spacial score (nSPS) is 19.6. The minimum atomic E-state index is -0.884. The molecule has 0 fully saturated rings. The zero-order valence-corrected chi connectivity index (χ0v) is 14.1. The molecule has 3 rings (SSSR count). The van der Waals surface area contributed by atoms with Crippen LogP contribution in [0.3, 0.4) is 0 Å². The van der Waals surface area contributed by atoms with Gasteiger partial charge in [-0.15, -0.1) is 11.8 Å². The number of hydrogen-bond donors (Lipinski definition) is 2. The summed E-state index contributed by atoms with van der Waals surface area (Å²) in [7, 11) is 0. The molecule has 126 valence electrons. The number of halogens is 1. The Bertz CT molecular complexity index is 720. The molecular formula is C19H20FNO2S. The molecule has 3 nitrogen and oxygen atoms in total. The summed E-state index contributed by atoms with van der Waals surface area (Å²) in [5.74, 6) is -0.168. The van der Waals surface area contributed by atoms with Gasteiger partial charge >= 0.3 is 0 Å². The number of carbonyl (C=O) groups is 1. The minimum Gasteiger partial charge on any atom is -0.388 e. The van der Waals surface area contributed by atoms with Crippen molar-refractivity contribution in [2.24, 2.45) is 0 Å². The second kappa shape index (κ2) is 7.36. The average Bonchev–Trinajstić information content (AvgIpc) is 2.59. The summed E-state index contributed by atoms with van der Waals surface area (Å²) in [5.41, 5.74) is 1.55. The first kappa shape index (κ1) is 17.0. The predicted molar refractivity (Wildman–Crippen MR) is 93.6 cm³/mol. The third-order valence-corrected chi connectivity index (χ3v) is 5.31. The molecule has 0 saturated heterocycles. The number of thioether (sulfide) groups is 1. The molecule has 2 aromatic rings. The Kier molecular flexibility index (Phi) is 5.21. The van der Waals surface area contributed by atoms with E-state index in [4.69, 9.17) is 0 Å². The topological polar surface area (TPSA) is 49.3 Å². The molecule has 1 aliphatic rings. The molecule has 0 saturated carbocycles. The van der Waals surface area contributed by atoms with E-state index in [1.165, 1.54) is 29.5 Å². The molecule has 1 aliphatic carbocycles. The highest BCUT2D eigenvalue weighted by atomic mass is 32.2. The highest BCUT2D eigenvalue weighted by molar-refractivity contribution is 8.00. The lowest BCUT2D eigenvalue weighted by atomic mass is 9.80. The van der Waals surface area contributed by atoms with E-state index in [2.05, 4.69) is 11.4 Å². The molecule has 5 heteroatoms. The Morgan fingerprint density at radius 3 is 2.62 bits per heavy atom. The fraction of sp³-hybridized carbons (Fsp3) is 0.316. The van der Waals surface area contributed by atoms with Crippen LogP contribution in [0.5, 0.6) is 0 Å². The molecule has 0 spiro atoms. The van der Waals surface area contributed by atoms with Gasteiger partial charge in [0.05, 0.1) is 11.4 Å². The summed E-state index contributed by atoms with van der Waals surface area (Å²) >= 11 is 1.35. The number of aliphatic hydroxyl groups is 1. The lowest BCUT2D eigenvalue weighted by Crippen LogP contribution is -2.47. The Balaban J connectivity index is 1.48. The van der Waals surface area contributed by atoms with Crippen LogP contribution in [-0.2, 0) is 17.6 Å². The molecule has 0 aromatic heterocycles. The van der Waals surface area contributed by atoms with Gasteiger partial charge in [0.15, 0.2) is 0 Å². The van der Waals surface area contributed by atoms with Crippen LogP contribution in [0.2, 0.25) is 0 Å². The van der Waals surface area contributed by atoms with Crippen LogP contribution in [0.1, 0.15) is 17.5 Å². The number of hydrogen-bond acceptors (Lipinski definition) is 3. The zero-order chi connectivity index (χ0) is 17.0. The first-order chi connectivity index (χ1) is 11.5. The summed E-state index contributed by atoms with van der Waals surface area (Å²) < 4.78 is 12.8. The molecule has 0 heterocycles. The SMILES string of the molecule is O=C(CSc1ccc(F)cc1)NCC1(O)CCc2ccccc2C1. The van der Waals surface area contributed by atoms with Crippen LogP contribution in [0.4, 0.5) is 4.39 Å². The average molecular weight is 345 g/mol. The molecule has 1 atom stereocenters. The van der Waals surface area contributed by atoms with Crippen molar-refractivity contribution in [3.05, 3.63) is 65.5 Å². The van der Waals surface area contributed by atoms with Gasteiger partial charge in [-0.3, -0.25) is 4.79 Å². The van der Waals surface area contributed by atoms with Crippen LogP contribution in [0, 0.1) is 5.82 Å². The fourth-order valence-electron chi connectivity index (χ4n) is 2.93. The molecule has 0 aliphatic heterocycles. The second-order valence-corrected chi connectivity index (χ2v) is 7.24. The van der Waals surface area contributed by atoms with E-state index in [1.54, 1.807) is 12.1 Å². The molecule has 2 N–H and O–H groups in total. The maximum atomic E-state index is 12.8. The highest BCUT2D eigenvalue weighted by Crippen LogP contribution is 2.28. The monoisotopic (exact) mass is 345 g/mol. The third-order valence-electron chi connectivity index (χ3n) is 4.30. The molecule has 0 radical (unpaired) electrons.